The van der Waals surface area contributed by atoms with Gasteiger partial charge in [-0.05, 0) is 33.8 Å². The van der Waals surface area contributed by atoms with Crippen LogP contribution < -0.4 is 5.32 Å². The van der Waals surface area contributed by atoms with Crippen LogP contribution in [0.1, 0.15) is 20.3 Å². The van der Waals surface area contributed by atoms with E-state index in [9.17, 15) is 14.9 Å². The zero-order valence-electron chi connectivity index (χ0n) is 10.1. The maximum Gasteiger partial charge on any atom is 0.270 e. The van der Waals surface area contributed by atoms with Crippen molar-refractivity contribution < 1.29 is 9.72 Å². The molecule has 6 heteroatoms. The highest BCUT2D eigenvalue weighted by Gasteiger charge is 2.50. The van der Waals surface area contributed by atoms with Crippen molar-refractivity contribution in [2.75, 3.05) is 5.32 Å². The molecule has 5 nitrogen and oxygen atoms in total. The second-order valence-corrected chi connectivity index (χ2v) is 6.01. The Bertz CT molecular complexity index is 528. The Balaban J connectivity index is 2.11. The quantitative estimate of drug-likeness (QED) is 0.687. The topological polar surface area (TPSA) is 72.2 Å². The smallest absolute Gasteiger partial charge is 0.270 e. The molecule has 1 aliphatic rings. The zero-order chi connectivity index (χ0) is 13.5. The number of carbonyl (C=O) groups excluding carboxylic acids is 1. The molecule has 0 spiro atoms. The number of hydrogen-bond donors (Lipinski definition) is 1. The molecule has 0 aliphatic heterocycles. The number of nitrogens with zero attached hydrogens (tertiary/aromatic N) is 1. The Hall–Kier alpha value is -1.43. The van der Waals surface area contributed by atoms with E-state index in [-0.39, 0.29) is 22.9 Å². The van der Waals surface area contributed by atoms with Crippen LogP contribution in [0.3, 0.4) is 0 Å². The van der Waals surface area contributed by atoms with E-state index >= 15 is 0 Å². The third-order valence-electron chi connectivity index (χ3n) is 3.25. The van der Waals surface area contributed by atoms with Gasteiger partial charge in [-0.25, -0.2) is 0 Å². The second-order valence-electron chi connectivity index (χ2n) is 5.16. The van der Waals surface area contributed by atoms with Gasteiger partial charge in [0.15, 0.2) is 0 Å². The molecule has 0 bridgehead atoms. The number of hydrogen-bond acceptors (Lipinski definition) is 3. The number of carbonyl (C=O) groups is 1. The fraction of sp³-hybridized carbons (Fsp3) is 0.417. The van der Waals surface area contributed by atoms with Crippen molar-refractivity contribution in [2.45, 2.75) is 20.3 Å². The van der Waals surface area contributed by atoms with Crippen molar-refractivity contribution in [3.05, 3.63) is 32.8 Å². The van der Waals surface area contributed by atoms with E-state index in [2.05, 4.69) is 21.2 Å². The maximum atomic E-state index is 11.9. The number of rotatable bonds is 3. The van der Waals surface area contributed by atoms with Crippen molar-refractivity contribution in [3.63, 3.8) is 0 Å². The van der Waals surface area contributed by atoms with Gasteiger partial charge in [0.2, 0.25) is 5.91 Å². The molecule has 0 unspecified atom stereocenters. The first kappa shape index (κ1) is 13.0. The average Bonchev–Trinajstić information content (AvgIpc) is 2.90. The van der Waals surface area contributed by atoms with Gasteiger partial charge in [0, 0.05) is 22.5 Å². The lowest BCUT2D eigenvalue weighted by molar-refractivity contribution is -0.384. The molecule has 1 saturated carbocycles. The summed E-state index contributed by atoms with van der Waals surface area (Å²) in [7, 11) is 0. The van der Waals surface area contributed by atoms with Crippen LogP contribution >= 0.6 is 15.9 Å². The predicted octanol–water partition coefficient (Wildman–Crippen LogP) is 3.34. The minimum absolute atomic E-state index is 0.00775. The predicted molar refractivity (Wildman–Crippen MR) is 71.3 cm³/mol. The van der Waals surface area contributed by atoms with Crippen LogP contribution in [0.2, 0.25) is 0 Å². The molecule has 96 valence electrons. The van der Waals surface area contributed by atoms with Gasteiger partial charge in [0.25, 0.3) is 5.69 Å². The molecule has 18 heavy (non-hydrogen) atoms. The number of benzene rings is 1. The molecule has 0 saturated heterocycles. The van der Waals surface area contributed by atoms with E-state index in [1.807, 2.05) is 13.8 Å². The van der Waals surface area contributed by atoms with Crippen molar-refractivity contribution in [1.82, 2.24) is 0 Å². The van der Waals surface area contributed by atoms with Crippen LogP contribution in [0.25, 0.3) is 0 Å². The van der Waals surface area contributed by atoms with Gasteiger partial charge in [-0.15, -0.1) is 0 Å². The van der Waals surface area contributed by atoms with E-state index in [1.54, 1.807) is 0 Å². The van der Waals surface area contributed by atoms with Gasteiger partial charge in [-0.2, -0.15) is 0 Å². The van der Waals surface area contributed by atoms with E-state index in [4.69, 9.17) is 0 Å². The molecule has 1 aromatic carbocycles. The van der Waals surface area contributed by atoms with Crippen molar-refractivity contribution >= 4 is 33.2 Å². The van der Waals surface area contributed by atoms with Crippen LogP contribution in [0.5, 0.6) is 0 Å². The Kier molecular flexibility index (Phi) is 3.14. The number of amides is 1. The lowest BCUT2D eigenvalue weighted by Gasteiger charge is -2.08. The standard InChI is InChI=1S/C12H13BrN2O3/c1-12(2)6-8(12)11(16)14-10-4-3-7(15(17)18)5-9(10)13/h3-5,8H,6H2,1-2H3,(H,14,16)/t8-/m0/s1. The number of halogens is 1. The van der Waals surface area contributed by atoms with E-state index in [0.29, 0.717) is 10.2 Å². The Morgan fingerprint density at radius 3 is 2.61 bits per heavy atom. The molecule has 1 amide bonds. The highest BCUT2D eigenvalue weighted by molar-refractivity contribution is 9.10. The Morgan fingerprint density at radius 2 is 2.17 bits per heavy atom. The molecule has 1 atom stereocenters. The summed E-state index contributed by atoms with van der Waals surface area (Å²) in [5, 5.41) is 13.4. The highest BCUT2D eigenvalue weighted by Crippen LogP contribution is 2.52. The molecule has 1 aliphatic carbocycles. The number of nitrogens with one attached hydrogen (secondary N) is 1. The van der Waals surface area contributed by atoms with E-state index in [0.717, 1.165) is 6.42 Å². The molecular weight excluding hydrogens is 300 g/mol. The Labute approximate surface area is 113 Å². The first-order valence-corrected chi connectivity index (χ1v) is 6.35. The van der Waals surface area contributed by atoms with Crippen LogP contribution in [0.4, 0.5) is 11.4 Å². The number of non-ortho nitro benzene ring substituents is 1. The fourth-order valence-electron chi connectivity index (χ4n) is 1.85. The molecule has 1 fully saturated rings. The van der Waals surface area contributed by atoms with Crippen LogP contribution in [0.15, 0.2) is 22.7 Å². The Morgan fingerprint density at radius 1 is 1.56 bits per heavy atom. The summed E-state index contributed by atoms with van der Waals surface area (Å²) in [6.07, 6.45) is 0.878. The minimum Gasteiger partial charge on any atom is -0.325 e. The summed E-state index contributed by atoms with van der Waals surface area (Å²) in [4.78, 5) is 22.0. The molecule has 0 heterocycles. The van der Waals surface area contributed by atoms with Gasteiger partial charge >= 0.3 is 0 Å². The molecule has 1 N–H and O–H groups in total. The second kappa shape index (κ2) is 4.35. The van der Waals surface area contributed by atoms with E-state index < -0.39 is 4.92 Å². The molecular formula is C12H13BrN2O3. The first-order chi connectivity index (χ1) is 8.31. The molecule has 0 radical (unpaired) electrons. The lowest BCUT2D eigenvalue weighted by Crippen LogP contribution is -2.16. The van der Waals surface area contributed by atoms with Crippen molar-refractivity contribution in [2.24, 2.45) is 11.3 Å². The van der Waals surface area contributed by atoms with Gasteiger partial charge in [0.1, 0.15) is 0 Å². The minimum atomic E-state index is -0.472. The van der Waals surface area contributed by atoms with Gasteiger partial charge in [-0.1, -0.05) is 13.8 Å². The third-order valence-corrected chi connectivity index (χ3v) is 3.91. The number of nitro groups is 1. The van der Waals surface area contributed by atoms with Crippen LogP contribution in [-0.4, -0.2) is 10.8 Å². The normalized spacial score (nSPS) is 20.3. The first-order valence-electron chi connectivity index (χ1n) is 5.56. The highest BCUT2D eigenvalue weighted by atomic mass is 79.9. The SMILES string of the molecule is CC1(C)C[C@H]1C(=O)Nc1ccc([N+](=O)[O-])cc1Br. The molecule has 1 aromatic rings. The van der Waals surface area contributed by atoms with Gasteiger partial charge in [0.05, 0.1) is 10.6 Å². The zero-order valence-corrected chi connectivity index (χ0v) is 11.7. The summed E-state index contributed by atoms with van der Waals surface area (Å²) in [6, 6.07) is 4.29. The van der Waals surface area contributed by atoms with Gasteiger partial charge in [-0.3, -0.25) is 14.9 Å². The maximum absolute atomic E-state index is 11.9. The van der Waals surface area contributed by atoms with Crippen LogP contribution in [0, 0.1) is 21.4 Å². The van der Waals surface area contributed by atoms with Crippen LogP contribution in [-0.2, 0) is 4.79 Å². The fourth-order valence-corrected chi connectivity index (χ4v) is 2.32. The number of anilines is 1. The summed E-state index contributed by atoms with van der Waals surface area (Å²) in [5.41, 5.74) is 0.622. The summed E-state index contributed by atoms with van der Waals surface area (Å²) >= 11 is 3.22. The average molecular weight is 313 g/mol. The summed E-state index contributed by atoms with van der Waals surface area (Å²) < 4.78 is 0.517. The summed E-state index contributed by atoms with van der Waals surface area (Å²) in [5.74, 6) is -0.00542. The van der Waals surface area contributed by atoms with Crippen molar-refractivity contribution in [1.29, 1.82) is 0 Å². The summed E-state index contributed by atoms with van der Waals surface area (Å²) in [6.45, 7) is 4.09. The monoisotopic (exact) mass is 312 g/mol. The lowest BCUT2D eigenvalue weighted by atomic mass is 10.1. The molecule has 2 rings (SSSR count). The molecule has 0 aromatic heterocycles. The van der Waals surface area contributed by atoms with E-state index in [1.165, 1.54) is 18.2 Å². The van der Waals surface area contributed by atoms with Gasteiger partial charge < -0.3 is 5.32 Å². The number of nitro benzene ring substituents is 1. The largest absolute Gasteiger partial charge is 0.325 e. The van der Waals surface area contributed by atoms with Crippen molar-refractivity contribution in [3.8, 4) is 0 Å². The third kappa shape index (κ3) is 2.53.